The van der Waals surface area contributed by atoms with Crippen LogP contribution in [0.2, 0.25) is 0 Å². The highest BCUT2D eigenvalue weighted by molar-refractivity contribution is 7.82. The number of hydrogen-bond donors (Lipinski definition) is 0. The van der Waals surface area contributed by atoms with E-state index >= 15 is 0 Å². The van der Waals surface area contributed by atoms with Crippen molar-refractivity contribution in [2.45, 2.75) is 4.21 Å². The van der Waals surface area contributed by atoms with Crippen LogP contribution in [0.25, 0.3) is 0 Å². The van der Waals surface area contributed by atoms with Gasteiger partial charge in [0.25, 0.3) is 0 Å². The molecule has 0 radical (unpaired) electrons. The molecule has 0 amide bonds. The van der Waals surface area contributed by atoms with Crippen molar-refractivity contribution in [3.8, 4) is 6.07 Å². The summed E-state index contributed by atoms with van der Waals surface area (Å²) in [5, 5.41) is 8.63. The Bertz CT molecular complexity index is 362. The van der Waals surface area contributed by atoms with Crippen molar-refractivity contribution < 1.29 is 8.76 Å². The fourth-order valence-corrected chi connectivity index (χ4v) is 1.38. The Kier molecular flexibility index (Phi) is 3.04. The lowest BCUT2D eigenvalue weighted by Crippen LogP contribution is -2.22. The lowest BCUT2D eigenvalue weighted by Gasteiger charge is -2.21. The number of benzene rings is 1. The van der Waals surface area contributed by atoms with Crippen LogP contribution in [-0.4, -0.2) is 8.76 Å². The number of nitriles is 1. The molecule has 0 heterocycles. The summed E-state index contributed by atoms with van der Waals surface area (Å²) in [6, 6.07) is 9.49. The second-order valence-electron chi connectivity index (χ2n) is 2.31. The molecule has 1 rings (SSSR count). The zero-order chi connectivity index (χ0) is 9.90. The molecule has 5 heteroatoms. The molecule has 0 saturated heterocycles. The normalized spacial score (nSPS) is 17.0. The largest absolute Gasteiger partial charge is 0.770 e. The average Bonchev–Trinajstić information content (AvgIpc) is 2.17. The second kappa shape index (κ2) is 3.88. The van der Waals surface area contributed by atoms with E-state index in [9.17, 15) is 8.76 Å². The Balaban J connectivity index is 3.21. The third-order valence-electron chi connectivity index (χ3n) is 1.52. The van der Waals surface area contributed by atoms with Crippen LogP contribution in [-0.2, 0) is 15.3 Å². The van der Waals surface area contributed by atoms with E-state index in [4.69, 9.17) is 16.9 Å². The maximum Gasteiger partial charge on any atom is 0.216 e. The predicted molar refractivity (Wildman–Crippen MR) is 48.5 cm³/mol. The quantitative estimate of drug-likeness (QED) is 0.553. The highest BCUT2D eigenvalue weighted by Crippen LogP contribution is 2.30. The minimum Gasteiger partial charge on any atom is -0.770 e. The van der Waals surface area contributed by atoms with Gasteiger partial charge >= 0.3 is 0 Å². The zero-order valence-corrected chi connectivity index (χ0v) is 8.01. The van der Waals surface area contributed by atoms with Crippen LogP contribution in [0.15, 0.2) is 30.3 Å². The molecule has 1 aromatic rings. The van der Waals surface area contributed by atoms with Gasteiger partial charge in [0.1, 0.15) is 6.07 Å². The maximum absolute atomic E-state index is 10.7. The maximum atomic E-state index is 10.7. The second-order valence-corrected chi connectivity index (χ2v) is 4.18. The van der Waals surface area contributed by atoms with E-state index < -0.39 is 15.3 Å². The Morgan fingerprint density at radius 3 is 2.38 bits per heavy atom. The summed E-state index contributed by atoms with van der Waals surface area (Å²) in [4.78, 5) is 0. The van der Waals surface area contributed by atoms with Gasteiger partial charge in [-0.1, -0.05) is 41.9 Å². The fraction of sp³-hybridized carbons (Fsp3) is 0.125. The molecule has 0 aliphatic rings. The number of alkyl halides is 1. The summed E-state index contributed by atoms with van der Waals surface area (Å²) in [6.07, 6.45) is 0. The Labute approximate surface area is 83.2 Å². The monoisotopic (exact) mass is 214 g/mol. The van der Waals surface area contributed by atoms with Crippen LogP contribution in [0.4, 0.5) is 0 Å². The van der Waals surface area contributed by atoms with E-state index in [0.717, 1.165) is 0 Å². The summed E-state index contributed by atoms with van der Waals surface area (Å²) in [5.41, 5.74) is 0.257. The zero-order valence-electron chi connectivity index (χ0n) is 6.44. The SMILES string of the molecule is N#CC(Cl)(c1ccccc1)S(=O)[O-]. The first kappa shape index (κ1) is 10.2. The molecule has 0 aliphatic carbocycles. The van der Waals surface area contributed by atoms with Gasteiger partial charge in [0.2, 0.25) is 4.21 Å². The van der Waals surface area contributed by atoms with Gasteiger partial charge in [-0.2, -0.15) is 5.26 Å². The third kappa shape index (κ3) is 1.89. The van der Waals surface area contributed by atoms with Gasteiger partial charge in [0.05, 0.1) is 0 Å². The van der Waals surface area contributed by atoms with Crippen LogP contribution in [0.5, 0.6) is 0 Å². The summed E-state index contributed by atoms with van der Waals surface area (Å²) >= 11 is 2.94. The smallest absolute Gasteiger partial charge is 0.216 e. The number of rotatable bonds is 2. The summed E-state index contributed by atoms with van der Waals surface area (Å²) in [6.45, 7) is 0. The van der Waals surface area contributed by atoms with Crippen LogP contribution in [0.3, 0.4) is 0 Å². The van der Waals surface area contributed by atoms with Crippen LogP contribution in [0, 0.1) is 11.3 Å². The summed E-state index contributed by atoms with van der Waals surface area (Å²) in [7, 11) is 0. The minimum absolute atomic E-state index is 0.257. The molecule has 0 bridgehead atoms. The van der Waals surface area contributed by atoms with E-state index in [1.165, 1.54) is 12.1 Å². The molecular formula is C8H5ClNO2S-. The lowest BCUT2D eigenvalue weighted by atomic mass is 10.1. The van der Waals surface area contributed by atoms with Gasteiger partial charge in [0.15, 0.2) is 0 Å². The molecule has 2 unspecified atom stereocenters. The van der Waals surface area contributed by atoms with Gasteiger partial charge < -0.3 is 4.55 Å². The van der Waals surface area contributed by atoms with E-state index in [1.807, 2.05) is 0 Å². The first-order chi connectivity index (χ1) is 6.11. The molecule has 0 fully saturated rings. The van der Waals surface area contributed by atoms with Crippen LogP contribution in [0.1, 0.15) is 5.56 Å². The summed E-state index contributed by atoms with van der Waals surface area (Å²) in [5.74, 6) is 0. The van der Waals surface area contributed by atoms with Crippen molar-refractivity contribution in [2.24, 2.45) is 0 Å². The van der Waals surface area contributed by atoms with Crippen molar-refractivity contribution in [2.75, 3.05) is 0 Å². The van der Waals surface area contributed by atoms with E-state index in [2.05, 4.69) is 0 Å². The Hall–Kier alpha value is -0.890. The lowest BCUT2D eigenvalue weighted by molar-refractivity contribution is 0.527. The molecule has 0 N–H and O–H groups in total. The molecule has 68 valence electrons. The topological polar surface area (TPSA) is 63.9 Å². The number of halogens is 1. The minimum atomic E-state index is -2.67. The molecule has 3 nitrogen and oxygen atoms in total. The predicted octanol–water partition coefficient (Wildman–Crippen LogP) is 1.48. The van der Waals surface area contributed by atoms with Gasteiger partial charge in [-0.25, -0.2) is 0 Å². The molecule has 0 spiro atoms. The molecular weight excluding hydrogens is 210 g/mol. The number of hydrogen-bond acceptors (Lipinski definition) is 3. The van der Waals surface area contributed by atoms with Gasteiger partial charge in [-0.3, -0.25) is 4.21 Å². The summed E-state index contributed by atoms with van der Waals surface area (Å²) < 4.78 is 19.4. The standard InChI is InChI=1S/C8H6ClNO2S/c9-8(6-10,13(11)12)7-4-2-1-3-5-7/h1-5H,(H,11,12)/p-1. The van der Waals surface area contributed by atoms with Crippen molar-refractivity contribution in [1.29, 1.82) is 5.26 Å². The van der Waals surface area contributed by atoms with E-state index in [-0.39, 0.29) is 5.56 Å². The van der Waals surface area contributed by atoms with Crippen molar-refractivity contribution in [3.05, 3.63) is 35.9 Å². The molecule has 0 aromatic heterocycles. The molecule has 1 aromatic carbocycles. The number of nitrogens with zero attached hydrogens (tertiary/aromatic N) is 1. The Morgan fingerprint density at radius 1 is 1.46 bits per heavy atom. The van der Waals surface area contributed by atoms with Crippen molar-refractivity contribution in [1.82, 2.24) is 0 Å². The third-order valence-corrected chi connectivity index (χ3v) is 2.99. The van der Waals surface area contributed by atoms with Gasteiger partial charge in [-0.15, -0.1) is 0 Å². The first-order valence-electron chi connectivity index (χ1n) is 3.36. The molecule has 0 aliphatic heterocycles. The van der Waals surface area contributed by atoms with Crippen molar-refractivity contribution >= 4 is 22.7 Å². The van der Waals surface area contributed by atoms with Gasteiger partial charge in [-0.05, 0) is 16.6 Å². The fourth-order valence-electron chi connectivity index (χ4n) is 0.851. The van der Waals surface area contributed by atoms with Crippen molar-refractivity contribution in [3.63, 3.8) is 0 Å². The first-order valence-corrected chi connectivity index (χ1v) is 4.81. The molecule has 2 atom stereocenters. The average molecular weight is 215 g/mol. The Morgan fingerprint density at radius 2 is 2.00 bits per heavy atom. The highest BCUT2D eigenvalue weighted by atomic mass is 35.5. The van der Waals surface area contributed by atoms with Gasteiger partial charge in [0, 0.05) is 0 Å². The molecule has 0 saturated carbocycles. The highest BCUT2D eigenvalue weighted by Gasteiger charge is 2.30. The van der Waals surface area contributed by atoms with Crippen LogP contribution >= 0.6 is 11.6 Å². The van der Waals surface area contributed by atoms with E-state index in [0.29, 0.717) is 0 Å². The van der Waals surface area contributed by atoms with Crippen LogP contribution < -0.4 is 0 Å². The molecule has 13 heavy (non-hydrogen) atoms. The van der Waals surface area contributed by atoms with E-state index in [1.54, 1.807) is 24.3 Å².